The van der Waals surface area contributed by atoms with Gasteiger partial charge in [0.2, 0.25) is 0 Å². The third kappa shape index (κ3) is 7.67. The van der Waals surface area contributed by atoms with Crippen molar-refractivity contribution in [2.75, 3.05) is 31.6 Å². The van der Waals surface area contributed by atoms with Crippen molar-refractivity contribution in [3.63, 3.8) is 0 Å². The fourth-order valence-corrected chi connectivity index (χ4v) is 9.23. The van der Waals surface area contributed by atoms with Crippen LogP contribution in [-0.2, 0) is 19.7 Å². The minimum absolute atomic E-state index is 0.177. The van der Waals surface area contributed by atoms with Gasteiger partial charge >= 0.3 is 12.2 Å². The molecule has 4 aliphatic rings. The lowest BCUT2D eigenvalue weighted by Crippen LogP contribution is -2.53. The molecule has 0 bridgehead atoms. The third-order valence-electron chi connectivity index (χ3n) is 10.6. The van der Waals surface area contributed by atoms with Crippen molar-refractivity contribution in [1.82, 2.24) is 19.8 Å². The number of benzene rings is 3. The standard InChI is InChI=1S/C43H52N6O5S/c1-26-10-8-19-49(40(51)54-42(5,6)7)38(55-26)37-44-23-34(46-37)31-15-14-27-20-28(12-13-29(27)21-31)30-16-17-32-33(22-30)45-36(47-43(32)24-52-25-43)35-11-9-18-48(35)39(50)53-41(2,3)4/h12-17,20-23,26,35,38H,8-11,18-19,24-25H2,1-7H3,(H,44,46)(H,45,47)/t26?,35-,38-/m0/s1. The molecule has 2 amide bonds. The summed E-state index contributed by atoms with van der Waals surface area (Å²) < 4.78 is 17.3. The van der Waals surface area contributed by atoms with Crippen LogP contribution in [0.3, 0.4) is 0 Å². The van der Waals surface area contributed by atoms with Crippen molar-refractivity contribution in [3.05, 3.63) is 72.2 Å². The molecule has 3 atom stereocenters. The van der Waals surface area contributed by atoms with Gasteiger partial charge in [0, 0.05) is 35.2 Å². The highest BCUT2D eigenvalue weighted by atomic mass is 32.2. The zero-order valence-corrected chi connectivity index (χ0v) is 33.7. The first-order valence-corrected chi connectivity index (χ1v) is 20.4. The number of amidine groups is 1. The maximum atomic E-state index is 13.3. The molecule has 3 saturated heterocycles. The topological polar surface area (TPSA) is 121 Å². The SMILES string of the molecule is CC1CCCN(C(=O)OC(C)(C)C)[C@H](c2ncc(-c3ccc4cc(-c5ccc6c(c5)NC([C@@H]5CCCN5C(=O)OC(C)(C)C)=NC65COC5)ccc4c3)[nH]2)S1. The normalized spacial score (nSPS) is 22.4. The molecule has 290 valence electrons. The summed E-state index contributed by atoms with van der Waals surface area (Å²) in [7, 11) is 0. The van der Waals surface area contributed by atoms with Crippen LogP contribution in [0.25, 0.3) is 33.2 Å². The molecule has 55 heavy (non-hydrogen) atoms. The summed E-state index contributed by atoms with van der Waals surface area (Å²) in [6, 6.07) is 19.4. The van der Waals surface area contributed by atoms with E-state index in [0.717, 1.165) is 81.8 Å². The minimum atomic E-state index is -0.574. The van der Waals surface area contributed by atoms with Crippen LogP contribution in [0.2, 0.25) is 0 Å². The fraction of sp³-hybridized carbons (Fsp3) is 0.488. The number of hydrogen-bond donors (Lipinski definition) is 2. The first-order valence-electron chi connectivity index (χ1n) is 19.5. The molecule has 3 fully saturated rings. The number of rotatable bonds is 4. The van der Waals surface area contributed by atoms with E-state index in [1.807, 2.05) is 57.5 Å². The predicted octanol–water partition coefficient (Wildman–Crippen LogP) is 9.50. The third-order valence-corrected chi connectivity index (χ3v) is 12.0. The van der Waals surface area contributed by atoms with E-state index in [2.05, 4.69) is 71.8 Å². The van der Waals surface area contributed by atoms with Gasteiger partial charge in [-0.3, -0.25) is 14.8 Å². The average Bonchev–Trinajstić information content (AvgIpc) is 3.76. The van der Waals surface area contributed by atoms with Crippen LogP contribution in [-0.4, -0.2) is 86.6 Å². The van der Waals surface area contributed by atoms with E-state index >= 15 is 0 Å². The number of amides is 2. The Labute approximate surface area is 327 Å². The molecule has 8 rings (SSSR count). The smallest absolute Gasteiger partial charge is 0.411 e. The first kappa shape index (κ1) is 37.4. The molecule has 1 unspecified atom stereocenters. The Morgan fingerprint density at radius 1 is 0.836 bits per heavy atom. The van der Waals surface area contributed by atoms with Gasteiger partial charge in [-0.25, -0.2) is 14.6 Å². The quantitative estimate of drug-likeness (QED) is 0.211. The molecular weight excluding hydrogens is 713 g/mol. The number of hydrogen-bond acceptors (Lipinski definition) is 9. The van der Waals surface area contributed by atoms with E-state index in [4.69, 9.17) is 24.2 Å². The molecule has 0 saturated carbocycles. The van der Waals surface area contributed by atoms with Gasteiger partial charge in [-0.1, -0.05) is 43.3 Å². The number of thioether (sulfide) groups is 1. The Morgan fingerprint density at radius 2 is 1.45 bits per heavy atom. The van der Waals surface area contributed by atoms with Gasteiger partial charge in [0.15, 0.2) is 0 Å². The molecule has 11 nitrogen and oxygen atoms in total. The largest absolute Gasteiger partial charge is 0.444 e. The number of nitrogens with zero attached hydrogens (tertiary/aromatic N) is 4. The number of carbonyl (C=O) groups is 2. The molecule has 0 radical (unpaired) electrons. The summed E-state index contributed by atoms with van der Waals surface area (Å²) in [5.41, 5.74) is 4.64. The van der Waals surface area contributed by atoms with E-state index in [1.165, 1.54) is 0 Å². The zero-order chi connectivity index (χ0) is 38.7. The van der Waals surface area contributed by atoms with Crippen molar-refractivity contribution in [1.29, 1.82) is 0 Å². The molecule has 1 aromatic heterocycles. The molecule has 3 aromatic carbocycles. The van der Waals surface area contributed by atoms with Gasteiger partial charge < -0.3 is 24.5 Å². The summed E-state index contributed by atoms with van der Waals surface area (Å²) >= 11 is 1.75. The van der Waals surface area contributed by atoms with Crippen LogP contribution >= 0.6 is 11.8 Å². The Morgan fingerprint density at radius 3 is 2.15 bits per heavy atom. The summed E-state index contributed by atoms with van der Waals surface area (Å²) in [6.45, 7) is 15.9. The number of nitrogens with one attached hydrogen (secondary N) is 2. The van der Waals surface area contributed by atoms with Crippen molar-refractivity contribution in [2.24, 2.45) is 4.99 Å². The lowest BCUT2D eigenvalue weighted by Gasteiger charge is -2.44. The van der Waals surface area contributed by atoms with E-state index < -0.39 is 16.7 Å². The zero-order valence-electron chi connectivity index (χ0n) is 32.9. The predicted molar refractivity (Wildman–Crippen MR) is 218 cm³/mol. The van der Waals surface area contributed by atoms with E-state index in [1.54, 1.807) is 11.8 Å². The van der Waals surface area contributed by atoms with E-state index in [-0.39, 0.29) is 23.6 Å². The van der Waals surface area contributed by atoms with Crippen LogP contribution in [0.5, 0.6) is 0 Å². The van der Waals surface area contributed by atoms with Crippen molar-refractivity contribution in [2.45, 2.75) is 108 Å². The molecule has 4 aliphatic heterocycles. The number of ether oxygens (including phenoxy) is 3. The van der Waals surface area contributed by atoms with Gasteiger partial charge in [-0.05, 0) is 107 Å². The average molecular weight is 765 g/mol. The number of aromatic amines is 1. The van der Waals surface area contributed by atoms with Gasteiger partial charge in [0.1, 0.15) is 33.8 Å². The van der Waals surface area contributed by atoms with Gasteiger partial charge in [-0.2, -0.15) is 0 Å². The Balaban J connectivity index is 1.03. The Kier molecular flexibility index (Phi) is 9.64. The number of aromatic nitrogens is 2. The summed E-state index contributed by atoms with van der Waals surface area (Å²) in [5.74, 6) is 1.55. The second kappa shape index (κ2) is 14.2. The number of likely N-dealkylation sites (tertiary alicyclic amines) is 1. The van der Waals surface area contributed by atoms with E-state index in [0.29, 0.717) is 31.6 Å². The van der Waals surface area contributed by atoms with Crippen molar-refractivity contribution < 1.29 is 23.8 Å². The lowest BCUT2D eigenvalue weighted by molar-refractivity contribution is -0.0558. The van der Waals surface area contributed by atoms with Crippen LogP contribution < -0.4 is 5.32 Å². The molecule has 1 spiro atoms. The molecule has 12 heteroatoms. The lowest BCUT2D eigenvalue weighted by atomic mass is 9.84. The van der Waals surface area contributed by atoms with E-state index in [9.17, 15) is 9.59 Å². The number of aliphatic imine (C=N–C) groups is 1. The van der Waals surface area contributed by atoms with Crippen LogP contribution in [0, 0.1) is 0 Å². The highest BCUT2D eigenvalue weighted by molar-refractivity contribution is 8.00. The second-order valence-electron chi connectivity index (χ2n) is 17.3. The monoisotopic (exact) mass is 764 g/mol. The first-order chi connectivity index (χ1) is 26.1. The Hall–Kier alpha value is -4.55. The second-order valence-corrected chi connectivity index (χ2v) is 18.8. The number of carbonyl (C=O) groups excluding carboxylic acids is 2. The number of H-pyrrole nitrogens is 1. The summed E-state index contributed by atoms with van der Waals surface area (Å²) in [6.07, 6.45) is 4.93. The maximum Gasteiger partial charge on any atom is 0.411 e. The minimum Gasteiger partial charge on any atom is -0.444 e. The summed E-state index contributed by atoms with van der Waals surface area (Å²) in [4.78, 5) is 43.7. The number of imidazole rings is 1. The molecule has 2 N–H and O–H groups in total. The summed E-state index contributed by atoms with van der Waals surface area (Å²) in [5, 5.41) is 6.01. The number of fused-ring (bicyclic) bond motifs is 3. The van der Waals surface area contributed by atoms with Crippen LogP contribution in [0.4, 0.5) is 15.3 Å². The fourth-order valence-electron chi connectivity index (χ4n) is 7.90. The van der Waals surface area contributed by atoms with Crippen molar-refractivity contribution >= 4 is 46.2 Å². The van der Waals surface area contributed by atoms with Gasteiger partial charge in [0.25, 0.3) is 0 Å². The molecular formula is C43H52N6O5S. The highest BCUT2D eigenvalue weighted by Gasteiger charge is 2.47. The van der Waals surface area contributed by atoms with Crippen LogP contribution in [0.1, 0.15) is 90.9 Å². The molecule has 5 heterocycles. The Bertz CT molecular complexity index is 2150. The van der Waals surface area contributed by atoms with Crippen LogP contribution in [0.15, 0.2) is 65.8 Å². The highest BCUT2D eigenvalue weighted by Crippen LogP contribution is 2.44. The number of anilines is 1. The van der Waals surface area contributed by atoms with Gasteiger partial charge in [0.05, 0.1) is 31.1 Å². The molecule has 0 aliphatic carbocycles. The maximum absolute atomic E-state index is 13.3. The van der Waals surface area contributed by atoms with Gasteiger partial charge in [-0.15, -0.1) is 11.8 Å². The van der Waals surface area contributed by atoms with Crippen molar-refractivity contribution in [3.8, 4) is 22.4 Å². The molecule has 4 aromatic rings.